The van der Waals surface area contributed by atoms with E-state index in [9.17, 15) is 9.59 Å². The van der Waals surface area contributed by atoms with Crippen molar-refractivity contribution in [3.8, 4) is 0 Å². The Morgan fingerprint density at radius 1 is 1.35 bits per heavy atom. The van der Waals surface area contributed by atoms with E-state index in [1.54, 1.807) is 6.07 Å². The molecule has 2 rings (SSSR count). The van der Waals surface area contributed by atoms with Gasteiger partial charge in [0, 0.05) is 37.0 Å². The molecule has 5 heteroatoms. The Balaban J connectivity index is 1.70. The molecule has 1 aliphatic carbocycles. The van der Waals surface area contributed by atoms with Gasteiger partial charge in [-0.2, -0.15) is 11.3 Å². The molecule has 1 saturated carbocycles. The SMILES string of the molecule is CN(C(=O)CCNC(=O)c1ccsc1)C1CCCCC1. The molecule has 1 aliphatic rings. The maximum absolute atomic E-state index is 12.1. The summed E-state index contributed by atoms with van der Waals surface area (Å²) in [6, 6.07) is 2.18. The molecule has 2 amide bonds. The van der Waals surface area contributed by atoms with Crippen molar-refractivity contribution in [1.82, 2.24) is 10.2 Å². The summed E-state index contributed by atoms with van der Waals surface area (Å²) in [4.78, 5) is 25.7. The Bertz CT molecular complexity index is 439. The number of carbonyl (C=O) groups excluding carboxylic acids is 2. The molecule has 0 unspecified atom stereocenters. The van der Waals surface area contributed by atoms with Gasteiger partial charge >= 0.3 is 0 Å². The van der Waals surface area contributed by atoms with Crippen LogP contribution in [0.25, 0.3) is 0 Å². The number of nitrogens with one attached hydrogen (secondary N) is 1. The third-order valence-corrected chi connectivity index (χ3v) is 4.61. The lowest BCUT2D eigenvalue weighted by molar-refractivity contribution is -0.132. The zero-order chi connectivity index (χ0) is 14.4. The number of hydrogen-bond acceptors (Lipinski definition) is 3. The molecule has 0 atom stereocenters. The van der Waals surface area contributed by atoms with Gasteiger partial charge in [-0.1, -0.05) is 19.3 Å². The molecule has 0 aromatic carbocycles. The minimum absolute atomic E-state index is 0.0978. The minimum Gasteiger partial charge on any atom is -0.351 e. The van der Waals surface area contributed by atoms with Crippen LogP contribution in [0.1, 0.15) is 48.9 Å². The van der Waals surface area contributed by atoms with Crippen LogP contribution in [0, 0.1) is 0 Å². The molecule has 4 nitrogen and oxygen atoms in total. The molecule has 0 saturated heterocycles. The van der Waals surface area contributed by atoms with Crippen molar-refractivity contribution in [1.29, 1.82) is 0 Å². The van der Waals surface area contributed by atoms with Gasteiger partial charge in [0.1, 0.15) is 0 Å². The molecule has 1 aromatic rings. The largest absolute Gasteiger partial charge is 0.351 e. The summed E-state index contributed by atoms with van der Waals surface area (Å²) in [6.07, 6.45) is 6.33. The highest BCUT2D eigenvalue weighted by molar-refractivity contribution is 7.08. The first kappa shape index (κ1) is 15.0. The number of hydrogen-bond donors (Lipinski definition) is 1. The van der Waals surface area contributed by atoms with E-state index >= 15 is 0 Å². The van der Waals surface area contributed by atoms with Gasteiger partial charge in [0.05, 0.1) is 0 Å². The average Bonchev–Trinajstić information content (AvgIpc) is 3.01. The number of thiophene rings is 1. The van der Waals surface area contributed by atoms with E-state index in [0.29, 0.717) is 24.6 Å². The summed E-state index contributed by atoms with van der Waals surface area (Å²) in [5.41, 5.74) is 0.670. The van der Waals surface area contributed by atoms with Crippen LogP contribution in [0.2, 0.25) is 0 Å². The molecule has 1 aromatic heterocycles. The van der Waals surface area contributed by atoms with Crippen LogP contribution in [0.3, 0.4) is 0 Å². The predicted molar refractivity (Wildman–Crippen MR) is 80.9 cm³/mol. The highest BCUT2D eigenvalue weighted by Gasteiger charge is 2.21. The Morgan fingerprint density at radius 3 is 2.75 bits per heavy atom. The monoisotopic (exact) mass is 294 g/mol. The first-order valence-corrected chi connectivity index (χ1v) is 8.19. The standard InChI is InChI=1S/C15H22N2O2S/c1-17(13-5-3-2-4-6-13)14(18)7-9-16-15(19)12-8-10-20-11-12/h8,10-11,13H,2-7,9H2,1H3,(H,16,19). The summed E-state index contributed by atoms with van der Waals surface area (Å²) in [5.74, 6) is 0.0295. The summed E-state index contributed by atoms with van der Waals surface area (Å²) < 4.78 is 0. The molecule has 1 heterocycles. The van der Waals surface area contributed by atoms with E-state index in [4.69, 9.17) is 0 Å². The fraction of sp³-hybridized carbons (Fsp3) is 0.600. The molecule has 0 aliphatic heterocycles. The van der Waals surface area contributed by atoms with E-state index in [-0.39, 0.29) is 11.8 Å². The number of amides is 2. The second kappa shape index (κ2) is 7.43. The van der Waals surface area contributed by atoms with Crippen LogP contribution in [-0.2, 0) is 4.79 Å². The van der Waals surface area contributed by atoms with Crippen LogP contribution in [0.4, 0.5) is 0 Å². The lowest BCUT2D eigenvalue weighted by Gasteiger charge is -2.31. The first-order chi connectivity index (χ1) is 9.68. The molecular weight excluding hydrogens is 272 g/mol. The number of carbonyl (C=O) groups is 2. The van der Waals surface area contributed by atoms with Crippen LogP contribution >= 0.6 is 11.3 Å². The molecule has 0 spiro atoms. The molecule has 20 heavy (non-hydrogen) atoms. The Hall–Kier alpha value is -1.36. The molecule has 0 bridgehead atoms. The number of rotatable bonds is 5. The first-order valence-electron chi connectivity index (χ1n) is 7.24. The van der Waals surface area contributed by atoms with Crippen molar-refractivity contribution in [2.75, 3.05) is 13.6 Å². The van der Waals surface area contributed by atoms with E-state index in [0.717, 1.165) is 12.8 Å². The molecular formula is C15H22N2O2S. The maximum Gasteiger partial charge on any atom is 0.252 e. The Morgan fingerprint density at radius 2 is 2.10 bits per heavy atom. The van der Waals surface area contributed by atoms with Crippen molar-refractivity contribution >= 4 is 23.2 Å². The quantitative estimate of drug-likeness (QED) is 0.907. The summed E-state index contributed by atoms with van der Waals surface area (Å²) >= 11 is 1.50. The van der Waals surface area contributed by atoms with Gasteiger partial charge in [-0.05, 0) is 24.3 Å². The molecule has 1 fully saturated rings. The van der Waals surface area contributed by atoms with Gasteiger partial charge in [-0.25, -0.2) is 0 Å². The molecule has 0 radical (unpaired) electrons. The average molecular weight is 294 g/mol. The van der Waals surface area contributed by atoms with E-state index in [2.05, 4.69) is 5.32 Å². The van der Waals surface area contributed by atoms with Crippen LogP contribution in [-0.4, -0.2) is 36.3 Å². The summed E-state index contributed by atoms with van der Waals surface area (Å²) in [6.45, 7) is 0.407. The van der Waals surface area contributed by atoms with Gasteiger partial charge in [0.15, 0.2) is 0 Å². The smallest absolute Gasteiger partial charge is 0.252 e. The zero-order valence-electron chi connectivity index (χ0n) is 11.9. The fourth-order valence-corrected chi connectivity index (χ4v) is 3.26. The van der Waals surface area contributed by atoms with Crippen molar-refractivity contribution in [2.24, 2.45) is 0 Å². The third kappa shape index (κ3) is 4.07. The van der Waals surface area contributed by atoms with Crippen LogP contribution in [0.15, 0.2) is 16.8 Å². The highest BCUT2D eigenvalue weighted by Crippen LogP contribution is 2.21. The third-order valence-electron chi connectivity index (χ3n) is 3.92. The van der Waals surface area contributed by atoms with Crippen molar-refractivity contribution in [3.63, 3.8) is 0 Å². The van der Waals surface area contributed by atoms with Gasteiger partial charge in [-0.3, -0.25) is 9.59 Å². The van der Waals surface area contributed by atoms with E-state index in [1.807, 2.05) is 22.7 Å². The van der Waals surface area contributed by atoms with Gasteiger partial charge in [-0.15, -0.1) is 0 Å². The summed E-state index contributed by atoms with van der Waals surface area (Å²) in [5, 5.41) is 6.48. The van der Waals surface area contributed by atoms with Gasteiger partial charge in [0.2, 0.25) is 5.91 Å². The van der Waals surface area contributed by atoms with Gasteiger partial charge < -0.3 is 10.2 Å². The molecule has 110 valence electrons. The second-order valence-corrected chi connectivity index (χ2v) is 6.09. The van der Waals surface area contributed by atoms with E-state index < -0.39 is 0 Å². The maximum atomic E-state index is 12.1. The van der Waals surface area contributed by atoms with Crippen LogP contribution in [0.5, 0.6) is 0 Å². The van der Waals surface area contributed by atoms with Crippen molar-refractivity contribution in [3.05, 3.63) is 22.4 Å². The minimum atomic E-state index is -0.0978. The van der Waals surface area contributed by atoms with Crippen LogP contribution < -0.4 is 5.32 Å². The summed E-state index contributed by atoms with van der Waals surface area (Å²) in [7, 11) is 1.89. The highest BCUT2D eigenvalue weighted by atomic mass is 32.1. The number of nitrogens with zero attached hydrogens (tertiary/aromatic N) is 1. The normalized spacial score (nSPS) is 15.8. The van der Waals surface area contributed by atoms with Gasteiger partial charge in [0.25, 0.3) is 5.91 Å². The van der Waals surface area contributed by atoms with Crippen molar-refractivity contribution in [2.45, 2.75) is 44.6 Å². The Labute approximate surface area is 124 Å². The second-order valence-electron chi connectivity index (χ2n) is 5.31. The lowest BCUT2D eigenvalue weighted by Crippen LogP contribution is -2.39. The van der Waals surface area contributed by atoms with E-state index in [1.165, 1.54) is 30.6 Å². The predicted octanol–water partition coefficient (Wildman–Crippen LogP) is 2.66. The lowest BCUT2D eigenvalue weighted by atomic mass is 9.94. The Kier molecular flexibility index (Phi) is 5.59. The zero-order valence-corrected chi connectivity index (χ0v) is 12.7. The molecule has 1 N–H and O–H groups in total. The fourth-order valence-electron chi connectivity index (χ4n) is 2.63. The van der Waals surface area contributed by atoms with Crippen molar-refractivity contribution < 1.29 is 9.59 Å². The topological polar surface area (TPSA) is 49.4 Å².